The van der Waals surface area contributed by atoms with E-state index < -0.39 is 0 Å². The van der Waals surface area contributed by atoms with E-state index in [9.17, 15) is 0 Å². The van der Waals surface area contributed by atoms with Gasteiger partial charge in [0, 0.05) is 31.2 Å². The first kappa shape index (κ1) is 13.0. The second-order valence-corrected chi connectivity index (χ2v) is 5.09. The molecule has 1 unspecified atom stereocenters. The zero-order chi connectivity index (χ0) is 12.2. The van der Waals surface area contributed by atoms with E-state index in [1.54, 1.807) is 0 Å². The lowest BCUT2D eigenvalue weighted by atomic mass is 9.84. The SMILES string of the molecule is C=CC(C)(CNC(C)C)Cc1cnn(C)c1. The van der Waals surface area contributed by atoms with Gasteiger partial charge in [0.2, 0.25) is 0 Å². The fourth-order valence-electron chi connectivity index (χ4n) is 1.67. The summed E-state index contributed by atoms with van der Waals surface area (Å²) in [4.78, 5) is 0. The van der Waals surface area contributed by atoms with E-state index in [4.69, 9.17) is 0 Å². The van der Waals surface area contributed by atoms with E-state index >= 15 is 0 Å². The van der Waals surface area contributed by atoms with E-state index in [-0.39, 0.29) is 5.41 Å². The maximum Gasteiger partial charge on any atom is 0.0521 e. The fraction of sp³-hybridized carbons (Fsp3) is 0.615. The van der Waals surface area contributed by atoms with Gasteiger partial charge in [-0.2, -0.15) is 5.10 Å². The molecule has 0 saturated heterocycles. The van der Waals surface area contributed by atoms with Crippen LogP contribution in [0.5, 0.6) is 0 Å². The third-order valence-corrected chi connectivity index (χ3v) is 2.77. The summed E-state index contributed by atoms with van der Waals surface area (Å²) in [6.45, 7) is 11.4. The quantitative estimate of drug-likeness (QED) is 0.746. The summed E-state index contributed by atoms with van der Waals surface area (Å²) in [6, 6.07) is 0.508. The summed E-state index contributed by atoms with van der Waals surface area (Å²) in [7, 11) is 1.95. The van der Waals surface area contributed by atoms with Crippen molar-refractivity contribution in [2.45, 2.75) is 33.2 Å². The monoisotopic (exact) mass is 221 g/mol. The molecule has 0 aliphatic carbocycles. The number of aromatic nitrogens is 2. The molecular formula is C13H23N3. The predicted octanol–water partition coefficient (Wildman–Crippen LogP) is 2.15. The van der Waals surface area contributed by atoms with Crippen molar-refractivity contribution < 1.29 is 0 Å². The van der Waals surface area contributed by atoms with Gasteiger partial charge in [-0.15, -0.1) is 6.58 Å². The van der Waals surface area contributed by atoms with E-state index in [1.807, 2.05) is 24.0 Å². The summed E-state index contributed by atoms with van der Waals surface area (Å²) < 4.78 is 1.84. The molecule has 1 atom stereocenters. The van der Waals surface area contributed by atoms with Crippen LogP contribution in [-0.4, -0.2) is 22.4 Å². The van der Waals surface area contributed by atoms with Crippen LogP contribution in [0.25, 0.3) is 0 Å². The lowest BCUT2D eigenvalue weighted by Gasteiger charge is -2.26. The molecule has 1 aromatic heterocycles. The van der Waals surface area contributed by atoms with Gasteiger partial charge < -0.3 is 5.32 Å². The lowest BCUT2D eigenvalue weighted by Crippen LogP contribution is -2.35. The Morgan fingerprint density at radius 1 is 1.62 bits per heavy atom. The molecule has 0 aliphatic rings. The highest BCUT2D eigenvalue weighted by Gasteiger charge is 2.21. The van der Waals surface area contributed by atoms with Crippen LogP contribution in [0.1, 0.15) is 26.3 Å². The van der Waals surface area contributed by atoms with Gasteiger partial charge in [-0.25, -0.2) is 0 Å². The molecule has 0 bridgehead atoms. The molecule has 3 nitrogen and oxygen atoms in total. The highest BCUT2D eigenvalue weighted by atomic mass is 15.2. The minimum Gasteiger partial charge on any atom is -0.314 e. The van der Waals surface area contributed by atoms with Crippen molar-refractivity contribution in [2.24, 2.45) is 12.5 Å². The van der Waals surface area contributed by atoms with E-state index in [1.165, 1.54) is 5.56 Å². The zero-order valence-corrected chi connectivity index (χ0v) is 10.8. The molecule has 0 radical (unpaired) electrons. The first-order valence-corrected chi connectivity index (χ1v) is 5.80. The van der Waals surface area contributed by atoms with Crippen molar-refractivity contribution in [2.75, 3.05) is 6.54 Å². The Balaban J connectivity index is 2.62. The van der Waals surface area contributed by atoms with Crippen molar-refractivity contribution in [1.82, 2.24) is 15.1 Å². The maximum absolute atomic E-state index is 4.19. The van der Waals surface area contributed by atoms with Gasteiger partial charge in [-0.05, 0) is 12.0 Å². The Labute approximate surface area is 98.5 Å². The molecule has 1 aromatic rings. The largest absolute Gasteiger partial charge is 0.314 e. The van der Waals surface area contributed by atoms with Crippen LogP contribution in [0.15, 0.2) is 25.0 Å². The Kier molecular flexibility index (Phi) is 4.30. The number of aryl methyl sites for hydroxylation is 1. The lowest BCUT2D eigenvalue weighted by molar-refractivity contribution is 0.373. The van der Waals surface area contributed by atoms with Crippen molar-refractivity contribution in [3.8, 4) is 0 Å². The summed E-state index contributed by atoms with van der Waals surface area (Å²) in [5, 5.41) is 7.66. The van der Waals surface area contributed by atoms with Gasteiger partial charge in [0.15, 0.2) is 0 Å². The first-order chi connectivity index (χ1) is 7.45. The highest BCUT2D eigenvalue weighted by molar-refractivity contribution is 5.11. The van der Waals surface area contributed by atoms with Crippen molar-refractivity contribution in [1.29, 1.82) is 0 Å². The minimum absolute atomic E-state index is 0.0906. The number of nitrogens with zero attached hydrogens (tertiary/aromatic N) is 2. The average molecular weight is 221 g/mol. The smallest absolute Gasteiger partial charge is 0.0521 e. The van der Waals surface area contributed by atoms with Crippen LogP contribution < -0.4 is 5.32 Å². The molecule has 0 aliphatic heterocycles. The summed E-state index contributed by atoms with van der Waals surface area (Å²) >= 11 is 0. The molecule has 0 fully saturated rings. The van der Waals surface area contributed by atoms with Gasteiger partial charge >= 0.3 is 0 Å². The van der Waals surface area contributed by atoms with Crippen LogP contribution in [0, 0.1) is 5.41 Å². The molecule has 1 N–H and O–H groups in total. The number of rotatable bonds is 6. The predicted molar refractivity (Wildman–Crippen MR) is 68.4 cm³/mol. The summed E-state index contributed by atoms with van der Waals surface area (Å²) in [5.74, 6) is 0. The average Bonchev–Trinajstić information content (AvgIpc) is 2.61. The molecule has 0 spiro atoms. The van der Waals surface area contributed by atoms with E-state index in [0.717, 1.165) is 13.0 Å². The molecule has 0 amide bonds. The minimum atomic E-state index is 0.0906. The third-order valence-electron chi connectivity index (χ3n) is 2.77. The van der Waals surface area contributed by atoms with E-state index in [0.29, 0.717) is 6.04 Å². The molecule has 1 rings (SSSR count). The van der Waals surface area contributed by atoms with Gasteiger partial charge in [0.25, 0.3) is 0 Å². The highest BCUT2D eigenvalue weighted by Crippen LogP contribution is 2.22. The second-order valence-electron chi connectivity index (χ2n) is 5.09. The normalized spacial score (nSPS) is 15.1. The Bertz CT molecular complexity index is 341. The molecule has 90 valence electrons. The third kappa shape index (κ3) is 3.81. The van der Waals surface area contributed by atoms with Crippen molar-refractivity contribution in [3.05, 3.63) is 30.6 Å². The molecule has 0 aromatic carbocycles. The Hall–Kier alpha value is -1.09. The van der Waals surface area contributed by atoms with Crippen LogP contribution in [0.4, 0.5) is 0 Å². The Morgan fingerprint density at radius 2 is 2.31 bits per heavy atom. The summed E-state index contributed by atoms with van der Waals surface area (Å²) in [6.07, 6.45) is 7.01. The van der Waals surface area contributed by atoms with E-state index in [2.05, 4.69) is 44.0 Å². The van der Waals surface area contributed by atoms with Gasteiger partial charge in [-0.1, -0.05) is 26.8 Å². The Morgan fingerprint density at radius 3 is 2.75 bits per heavy atom. The number of hydrogen-bond donors (Lipinski definition) is 1. The van der Waals surface area contributed by atoms with Crippen LogP contribution in [0.3, 0.4) is 0 Å². The molecule has 16 heavy (non-hydrogen) atoms. The molecule has 3 heteroatoms. The summed E-state index contributed by atoms with van der Waals surface area (Å²) in [5.41, 5.74) is 1.35. The zero-order valence-electron chi connectivity index (χ0n) is 10.8. The van der Waals surface area contributed by atoms with Crippen LogP contribution in [0.2, 0.25) is 0 Å². The standard InChI is InChI=1S/C13H23N3/c1-6-13(4,10-14-11(2)3)7-12-8-15-16(5)9-12/h6,8-9,11,14H,1,7,10H2,2-5H3. The van der Waals surface area contributed by atoms with Crippen LogP contribution in [-0.2, 0) is 13.5 Å². The van der Waals surface area contributed by atoms with Crippen LogP contribution >= 0.6 is 0 Å². The second kappa shape index (κ2) is 5.30. The molecular weight excluding hydrogens is 198 g/mol. The van der Waals surface area contributed by atoms with Crippen molar-refractivity contribution in [3.63, 3.8) is 0 Å². The fourth-order valence-corrected chi connectivity index (χ4v) is 1.67. The number of nitrogens with one attached hydrogen (secondary N) is 1. The number of hydrogen-bond acceptors (Lipinski definition) is 2. The molecule has 1 heterocycles. The van der Waals surface area contributed by atoms with Gasteiger partial charge in [0.05, 0.1) is 6.20 Å². The van der Waals surface area contributed by atoms with Gasteiger partial charge in [0.1, 0.15) is 0 Å². The maximum atomic E-state index is 4.19. The van der Waals surface area contributed by atoms with Gasteiger partial charge in [-0.3, -0.25) is 4.68 Å². The molecule has 0 saturated carbocycles. The first-order valence-electron chi connectivity index (χ1n) is 5.80. The topological polar surface area (TPSA) is 29.9 Å². The van der Waals surface area contributed by atoms with Crippen molar-refractivity contribution >= 4 is 0 Å².